The molecule has 0 aliphatic rings. The summed E-state index contributed by atoms with van der Waals surface area (Å²) < 4.78 is 5.10. The van der Waals surface area contributed by atoms with Crippen molar-refractivity contribution in [2.24, 2.45) is 0 Å². The lowest BCUT2D eigenvalue weighted by molar-refractivity contribution is 0.423. The maximum Gasteiger partial charge on any atom is 0.263 e. The van der Waals surface area contributed by atoms with Crippen molar-refractivity contribution in [3.8, 4) is 11.5 Å². The standard InChI is InChI=1S/C12H9N3O2S/c16-11-9(2-1-4-13-11)12-14-10(15-17-12)6-8-3-5-18-7-8/h1-5,7H,6H2,(H,13,16). The molecule has 0 amide bonds. The Morgan fingerprint density at radius 3 is 3.11 bits per heavy atom. The van der Waals surface area contributed by atoms with Gasteiger partial charge in [-0.3, -0.25) is 4.79 Å². The number of hydrogen-bond donors (Lipinski definition) is 1. The predicted molar refractivity (Wildman–Crippen MR) is 67.5 cm³/mol. The molecule has 3 rings (SSSR count). The molecule has 0 spiro atoms. The zero-order chi connectivity index (χ0) is 12.4. The minimum absolute atomic E-state index is 0.233. The Labute approximate surface area is 106 Å². The average Bonchev–Trinajstić information content (AvgIpc) is 3.02. The van der Waals surface area contributed by atoms with Crippen LogP contribution >= 0.6 is 11.3 Å². The van der Waals surface area contributed by atoms with Gasteiger partial charge in [0.2, 0.25) is 0 Å². The van der Waals surface area contributed by atoms with Gasteiger partial charge in [-0.2, -0.15) is 16.3 Å². The van der Waals surface area contributed by atoms with Crippen molar-refractivity contribution in [3.05, 3.63) is 56.9 Å². The number of thiophene rings is 1. The van der Waals surface area contributed by atoms with E-state index in [9.17, 15) is 4.79 Å². The van der Waals surface area contributed by atoms with Gasteiger partial charge in [-0.05, 0) is 34.5 Å². The summed E-state index contributed by atoms with van der Waals surface area (Å²) in [4.78, 5) is 18.4. The van der Waals surface area contributed by atoms with Crippen LogP contribution in [0.3, 0.4) is 0 Å². The Morgan fingerprint density at radius 1 is 1.39 bits per heavy atom. The molecule has 0 radical (unpaired) electrons. The average molecular weight is 259 g/mol. The molecule has 0 aliphatic heterocycles. The molecule has 0 saturated carbocycles. The lowest BCUT2D eigenvalue weighted by Gasteiger charge is -1.90. The van der Waals surface area contributed by atoms with Crippen LogP contribution in [-0.2, 0) is 6.42 Å². The van der Waals surface area contributed by atoms with Crippen LogP contribution in [0.2, 0.25) is 0 Å². The Hall–Kier alpha value is -2.21. The van der Waals surface area contributed by atoms with Crippen molar-refractivity contribution in [3.63, 3.8) is 0 Å². The fourth-order valence-corrected chi connectivity index (χ4v) is 2.27. The number of aromatic amines is 1. The van der Waals surface area contributed by atoms with Gasteiger partial charge in [-0.1, -0.05) is 5.16 Å². The van der Waals surface area contributed by atoms with Crippen LogP contribution in [0.1, 0.15) is 11.4 Å². The first-order chi connectivity index (χ1) is 8.83. The SMILES string of the molecule is O=c1[nH]cccc1-c1nc(Cc2ccsc2)no1. The highest BCUT2D eigenvalue weighted by atomic mass is 32.1. The predicted octanol–water partition coefficient (Wildman–Crippen LogP) is 2.08. The summed E-state index contributed by atoms with van der Waals surface area (Å²) in [7, 11) is 0. The molecular formula is C12H9N3O2S. The van der Waals surface area contributed by atoms with E-state index in [-0.39, 0.29) is 11.4 Å². The second-order valence-electron chi connectivity index (χ2n) is 3.74. The molecule has 0 unspecified atom stereocenters. The van der Waals surface area contributed by atoms with E-state index in [4.69, 9.17) is 4.52 Å². The number of nitrogens with one attached hydrogen (secondary N) is 1. The number of rotatable bonds is 3. The summed E-state index contributed by atoms with van der Waals surface area (Å²) in [6.45, 7) is 0. The molecule has 5 nitrogen and oxygen atoms in total. The summed E-state index contributed by atoms with van der Waals surface area (Å²) >= 11 is 1.62. The Kier molecular flexibility index (Phi) is 2.77. The molecule has 0 bridgehead atoms. The second-order valence-corrected chi connectivity index (χ2v) is 4.52. The maximum atomic E-state index is 11.6. The third kappa shape index (κ3) is 2.10. The molecule has 3 aromatic heterocycles. The number of pyridine rings is 1. The zero-order valence-electron chi connectivity index (χ0n) is 9.29. The smallest absolute Gasteiger partial charge is 0.263 e. The van der Waals surface area contributed by atoms with Gasteiger partial charge in [-0.15, -0.1) is 0 Å². The van der Waals surface area contributed by atoms with E-state index < -0.39 is 0 Å². The lowest BCUT2D eigenvalue weighted by Crippen LogP contribution is -2.07. The molecule has 1 N–H and O–H groups in total. The number of H-pyrrole nitrogens is 1. The topological polar surface area (TPSA) is 71.8 Å². The highest BCUT2D eigenvalue weighted by molar-refractivity contribution is 7.07. The minimum Gasteiger partial charge on any atom is -0.334 e. The molecule has 3 heterocycles. The third-order valence-corrected chi connectivity index (χ3v) is 3.19. The second kappa shape index (κ2) is 4.58. The largest absolute Gasteiger partial charge is 0.334 e. The van der Waals surface area contributed by atoms with Crippen molar-refractivity contribution in [1.82, 2.24) is 15.1 Å². The fraction of sp³-hybridized carbons (Fsp3) is 0.0833. The summed E-state index contributed by atoms with van der Waals surface area (Å²) in [5, 5.41) is 7.91. The van der Waals surface area contributed by atoms with E-state index in [1.807, 2.05) is 16.8 Å². The van der Waals surface area contributed by atoms with E-state index in [1.165, 1.54) is 0 Å². The van der Waals surface area contributed by atoms with Crippen molar-refractivity contribution < 1.29 is 4.52 Å². The quantitative estimate of drug-likeness (QED) is 0.781. The highest BCUT2D eigenvalue weighted by Crippen LogP contribution is 2.15. The van der Waals surface area contributed by atoms with Crippen molar-refractivity contribution in [2.45, 2.75) is 6.42 Å². The van der Waals surface area contributed by atoms with Crippen LogP contribution in [0.4, 0.5) is 0 Å². The third-order valence-electron chi connectivity index (χ3n) is 2.46. The Balaban J connectivity index is 1.90. The van der Waals surface area contributed by atoms with Gasteiger partial charge in [0.1, 0.15) is 5.56 Å². The van der Waals surface area contributed by atoms with Crippen LogP contribution in [0.5, 0.6) is 0 Å². The molecular weight excluding hydrogens is 250 g/mol. The first kappa shape index (κ1) is 10.9. The fourth-order valence-electron chi connectivity index (χ4n) is 1.60. The first-order valence-corrected chi connectivity index (χ1v) is 6.29. The van der Waals surface area contributed by atoms with Gasteiger partial charge in [-0.25, -0.2) is 0 Å². The van der Waals surface area contributed by atoms with E-state index >= 15 is 0 Å². The van der Waals surface area contributed by atoms with E-state index in [0.717, 1.165) is 5.56 Å². The molecule has 90 valence electrons. The lowest BCUT2D eigenvalue weighted by atomic mass is 10.2. The van der Waals surface area contributed by atoms with E-state index in [0.29, 0.717) is 17.8 Å². The summed E-state index contributed by atoms with van der Waals surface area (Å²) in [5.74, 6) is 0.828. The van der Waals surface area contributed by atoms with Crippen molar-refractivity contribution >= 4 is 11.3 Å². The van der Waals surface area contributed by atoms with Crippen LogP contribution in [-0.4, -0.2) is 15.1 Å². The number of aromatic nitrogens is 3. The molecule has 0 aromatic carbocycles. The highest BCUT2D eigenvalue weighted by Gasteiger charge is 2.12. The summed E-state index contributed by atoms with van der Waals surface area (Å²) in [6, 6.07) is 5.39. The maximum absolute atomic E-state index is 11.6. The Bertz CT molecular complexity index is 700. The molecule has 0 fully saturated rings. The monoisotopic (exact) mass is 259 g/mol. The van der Waals surface area contributed by atoms with Crippen LogP contribution < -0.4 is 5.56 Å². The molecule has 3 aromatic rings. The molecule has 6 heteroatoms. The molecule has 0 aliphatic carbocycles. The van der Waals surface area contributed by atoms with Crippen LogP contribution in [0, 0.1) is 0 Å². The van der Waals surface area contributed by atoms with Crippen molar-refractivity contribution in [1.29, 1.82) is 0 Å². The minimum atomic E-state index is -0.233. The normalized spacial score (nSPS) is 10.7. The first-order valence-electron chi connectivity index (χ1n) is 5.34. The van der Waals surface area contributed by atoms with Crippen molar-refractivity contribution in [2.75, 3.05) is 0 Å². The van der Waals surface area contributed by atoms with Gasteiger partial charge in [0.25, 0.3) is 11.4 Å². The molecule has 18 heavy (non-hydrogen) atoms. The van der Waals surface area contributed by atoms with Gasteiger partial charge < -0.3 is 9.51 Å². The van der Waals surface area contributed by atoms with E-state index in [2.05, 4.69) is 15.1 Å². The zero-order valence-corrected chi connectivity index (χ0v) is 10.1. The van der Waals surface area contributed by atoms with Gasteiger partial charge in [0, 0.05) is 12.6 Å². The van der Waals surface area contributed by atoms with Gasteiger partial charge in [0.15, 0.2) is 5.82 Å². The van der Waals surface area contributed by atoms with E-state index in [1.54, 1.807) is 29.7 Å². The van der Waals surface area contributed by atoms with Gasteiger partial charge >= 0.3 is 0 Å². The van der Waals surface area contributed by atoms with Crippen LogP contribution in [0.15, 0.2) is 44.5 Å². The Morgan fingerprint density at radius 2 is 2.33 bits per heavy atom. The number of nitrogens with zero attached hydrogens (tertiary/aromatic N) is 2. The molecule has 0 saturated heterocycles. The van der Waals surface area contributed by atoms with Crippen LogP contribution in [0.25, 0.3) is 11.5 Å². The van der Waals surface area contributed by atoms with Gasteiger partial charge in [0.05, 0.1) is 0 Å². The number of hydrogen-bond acceptors (Lipinski definition) is 5. The summed E-state index contributed by atoms with van der Waals surface area (Å²) in [6.07, 6.45) is 2.17. The molecule has 0 atom stereocenters. The summed E-state index contributed by atoms with van der Waals surface area (Å²) in [5.41, 5.74) is 1.29.